The van der Waals surface area contributed by atoms with Gasteiger partial charge in [-0.3, -0.25) is 0 Å². The van der Waals surface area contributed by atoms with E-state index in [2.05, 4.69) is 5.92 Å². The molecule has 1 aliphatic carbocycles. The van der Waals surface area contributed by atoms with Crippen LogP contribution in [0.15, 0.2) is 12.1 Å². The lowest BCUT2D eigenvalue weighted by atomic mass is 9.97. The van der Waals surface area contributed by atoms with E-state index >= 15 is 0 Å². The lowest BCUT2D eigenvalue weighted by molar-refractivity contribution is 0.485. The molecule has 0 N–H and O–H groups in total. The highest BCUT2D eigenvalue weighted by Crippen LogP contribution is 2.47. The fourth-order valence-electron chi connectivity index (χ4n) is 1.59. The van der Waals surface area contributed by atoms with Crippen LogP contribution in [0.3, 0.4) is 0 Å². The highest BCUT2D eigenvalue weighted by Gasteiger charge is 2.41. The Balaban J connectivity index is 2.30. The van der Waals surface area contributed by atoms with Crippen molar-refractivity contribution in [1.82, 2.24) is 0 Å². The number of hydrogen-bond donors (Lipinski definition) is 0. The molecule has 1 fully saturated rings. The molecule has 0 bridgehead atoms. The van der Waals surface area contributed by atoms with Crippen LogP contribution in [0.25, 0.3) is 0 Å². The molecule has 0 nitrogen and oxygen atoms in total. The van der Waals surface area contributed by atoms with Crippen LogP contribution in [0.4, 0.5) is 13.2 Å². The first-order chi connectivity index (χ1) is 7.06. The van der Waals surface area contributed by atoms with E-state index in [1.165, 1.54) is 0 Å². The van der Waals surface area contributed by atoms with Crippen molar-refractivity contribution in [2.24, 2.45) is 5.41 Å². The molecule has 0 atom stereocenters. The van der Waals surface area contributed by atoms with E-state index in [0.29, 0.717) is 6.07 Å². The Hall–Kier alpha value is -1.43. The molecule has 0 aromatic heterocycles. The molecule has 2 rings (SSSR count). The third-order valence-corrected chi connectivity index (χ3v) is 2.78. The lowest BCUT2D eigenvalue weighted by Crippen LogP contribution is -2.05. The van der Waals surface area contributed by atoms with Gasteiger partial charge in [0.25, 0.3) is 0 Å². The molecule has 0 saturated heterocycles. The minimum absolute atomic E-state index is 0.157. The van der Waals surface area contributed by atoms with Gasteiger partial charge in [-0.1, -0.05) is 5.92 Å². The van der Waals surface area contributed by atoms with Gasteiger partial charge in [0.1, 0.15) is 5.82 Å². The smallest absolute Gasteiger partial charge is 0.161 e. The van der Waals surface area contributed by atoms with Gasteiger partial charge in [-0.15, -0.1) is 6.42 Å². The van der Waals surface area contributed by atoms with Gasteiger partial charge in [-0.2, -0.15) is 0 Å². The number of benzene rings is 1. The first kappa shape index (κ1) is 10.1. The quantitative estimate of drug-likeness (QED) is 0.520. The Labute approximate surface area is 86.1 Å². The van der Waals surface area contributed by atoms with E-state index in [0.717, 1.165) is 18.9 Å². The summed E-state index contributed by atoms with van der Waals surface area (Å²) >= 11 is 0. The van der Waals surface area contributed by atoms with Gasteiger partial charge in [-0.25, -0.2) is 13.2 Å². The third kappa shape index (κ3) is 1.85. The summed E-state index contributed by atoms with van der Waals surface area (Å²) < 4.78 is 38.7. The number of halogens is 3. The fraction of sp³-hybridized carbons (Fsp3) is 0.333. The zero-order valence-electron chi connectivity index (χ0n) is 7.99. The lowest BCUT2D eigenvalue weighted by Gasteiger charge is -2.08. The van der Waals surface area contributed by atoms with Crippen molar-refractivity contribution in [3.05, 3.63) is 35.1 Å². The molecular formula is C12H9F3. The molecule has 0 heterocycles. The summed E-state index contributed by atoms with van der Waals surface area (Å²) in [6.07, 6.45) is 7.22. The van der Waals surface area contributed by atoms with Gasteiger partial charge in [0.15, 0.2) is 11.6 Å². The Morgan fingerprint density at radius 1 is 1.13 bits per heavy atom. The van der Waals surface area contributed by atoms with Gasteiger partial charge < -0.3 is 0 Å². The van der Waals surface area contributed by atoms with Crippen molar-refractivity contribution >= 4 is 0 Å². The van der Waals surface area contributed by atoms with E-state index in [4.69, 9.17) is 6.42 Å². The molecule has 15 heavy (non-hydrogen) atoms. The Bertz CT molecular complexity index is 439. The van der Waals surface area contributed by atoms with Gasteiger partial charge in [-0.05, 0) is 30.9 Å². The summed E-state index contributed by atoms with van der Waals surface area (Å²) in [6.45, 7) is 0. The minimum atomic E-state index is -1.16. The monoisotopic (exact) mass is 210 g/mol. The molecule has 0 amide bonds. The summed E-state index contributed by atoms with van der Waals surface area (Å²) in [5.74, 6) is -0.341. The summed E-state index contributed by atoms with van der Waals surface area (Å²) in [4.78, 5) is 0. The molecule has 0 unspecified atom stereocenters. The zero-order valence-corrected chi connectivity index (χ0v) is 7.99. The molecule has 0 aliphatic heterocycles. The van der Waals surface area contributed by atoms with Crippen molar-refractivity contribution in [3.8, 4) is 12.3 Å². The Morgan fingerprint density at radius 2 is 1.73 bits per heavy atom. The maximum absolute atomic E-state index is 13.2. The number of rotatable bonds is 2. The number of terminal acetylenes is 1. The van der Waals surface area contributed by atoms with Crippen molar-refractivity contribution in [2.45, 2.75) is 19.3 Å². The molecule has 1 aliphatic rings. The van der Waals surface area contributed by atoms with E-state index in [9.17, 15) is 13.2 Å². The molecule has 1 aromatic rings. The number of hydrogen-bond acceptors (Lipinski definition) is 0. The average molecular weight is 210 g/mol. The maximum Gasteiger partial charge on any atom is 0.161 e. The maximum atomic E-state index is 13.2. The molecule has 0 radical (unpaired) electrons. The third-order valence-electron chi connectivity index (χ3n) is 2.78. The molecular weight excluding hydrogens is 201 g/mol. The van der Waals surface area contributed by atoms with E-state index in [1.807, 2.05) is 0 Å². The molecule has 78 valence electrons. The second-order valence-electron chi connectivity index (χ2n) is 3.96. The average Bonchev–Trinajstić information content (AvgIpc) is 2.95. The second-order valence-corrected chi connectivity index (χ2v) is 3.96. The van der Waals surface area contributed by atoms with Crippen molar-refractivity contribution in [2.75, 3.05) is 0 Å². The van der Waals surface area contributed by atoms with Gasteiger partial charge in [0.2, 0.25) is 0 Å². The van der Waals surface area contributed by atoms with E-state index in [-0.39, 0.29) is 17.4 Å². The van der Waals surface area contributed by atoms with Gasteiger partial charge in [0, 0.05) is 11.5 Å². The molecule has 1 aromatic carbocycles. The first-order valence-electron chi connectivity index (χ1n) is 4.67. The van der Waals surface area contributed by atoms with Crippen LogP contribution in [0, 0.1) is 35.2 Å². The SMILES string of the molecule is C#CC1(Cc2cc(F)c(F)cc2F)CC1. The highest BCUT2D eigenvalue weighted by molar-refractivity contribution is 5.27. The normalized spacial score (nSPS) is 17.2. The van der Waals surface area contributed by atoms with Crippen molar-refractivity contribution < 1.29 is 13.2 Å². The fourth-order valence-corrected chi connectivity index (χ4v) is 1.59. The largest absolute Gasteiger partial charge is 0.207 e. The summed E-state index contributed by atoms with van der Waals surface area (Å²) in [5, 5.41) is 0. The predicted molar refractivity (Wildman–Crippen MR) is 50.5 cm³/mol. The van der Waals surface area contributed by atoms with Crippen molar-refractivity contribution in [3.63, 3.8) is 0 Å². The predicted octanol–water partition coefficient (Wildman–Crippen LogP) is 3.06. The van der Waals surface area contributed by atoms with Crippen LogP contribution in [0.1, 0.15) is 18.4 Å². The minimum Gasteiger partial charge on any atom is -0.207 e. The van der Waals surface area contributed by atoms with E-state index in [1.54, 1.807) is 0 Å². The zero-order chi connectivity index (χ0) is 11.1. The Morgan fingerprint density at radius 3 is 2.27 bits per heavy atom. The summed E-state index contributed by atoms with van der Waals surface area (Å²) in [5.41, 5.74) is -0.171. The molecule has 0 spiro atoms. The van der Waals surface area contributed by atoms with Gasteiger partial charge >= 0.3 is 0 Å². The van der Waals surface area contributed by atoms with Gasteiger partial charge in [0.05, 0.1) is 0 Å². The van der Waals surface area contributed by atoms with Crippen LogP contribution >= 0.6 is 0 Å². The molecule has 1 saturated carbocycles. The summed E-state index contributed by atoms with van der Waals surface area (Å²) in [7, 11) is 0. The summed E-state index contributed by atoms with van der Waals surface area (Å²) in [6, 6.07) is 1.46. The highest BCUT2D eigenvalue weighted by atomic mass is 19.2. The first-order valence-corrected chi connectivity index (χ1v) is 4.67. The molecule has 3 heteroatoms. The second kappa shape index (κ2) is 3.30. The van der Waals surface area contributed by atoms with Crippen LogP contribution in [0.2, 0.25) is 0 Å². The van der Waals surface area contributed by atoms with Crippen LogP contribution in [-0.2, 0) is 6.42 Å². The topological polar surface area (TPSA) is 0 Å². The van der Waals surface area contributed by atoms with Crippen LogP contribution in [0.5, 0.6) is 0 Å². The van der Waals surface area contributed by atoms with Crippen molar-refractivity contribution in [1.29, 1.82) is 0 Å². The van der Waals surface area contributed by atoms with E-state index < -0.39 is 17.5 Å². The Kier molecular flexibility index (Phi) is 2.22. The van der Waals surface area contributed by atoms with Crippen LogP contribution < -0.4 is 0 Å². The van der Waals surface area contributed by atoms with Crippen LogP contribution in [-0.4, -0.2) is 0 Å². The standard InChI is InChI=1S/C12H9F3/c1-2-12(3-4-12)7-8-5-10(14)11(15)6-9(8)13/h1,5-6H,3-4,7H2.